The van der Waals surface area contributed by atoms with E-state index in [1.807, 2.05) is 0 Å². The fourth-order valence-electron chi connectivity index (χ4n) is 3.45. The maximum atomic E-state index is 13.2. The summed E-state index contributed by atoms with van der Waals surface area (Å²) in [5.74, 6) is -0.778. The molecule has 1 atom stereocenters. The van der Waals surface area contributed by atoms with Crippen LogP contribution in [0.4, 0.5) is 14.6 Å². The number of ether oxygens (including phenoxy) is 1. The lowest BCUT2D eigenvalue weighted by atomic mass is 10.0. The van der Waals surface area contributed by atoms with E-state index in [4.69, 9.17) is 4.74 Å². The smallest absolute Gasteiger partial charge is 0.352 e. The Labute approximate surface area is 137 Å². The van der Waals surface area contributed by atoms with Crippen molar-refractivity contribution in [2.24, 2.45) is 0 Å². The van der Waals surface area contributed by atoms with Gasteiger partial charge in [0, 0.05) is 25.2 Å². The van der Waals surface area contributed by atoms with Gasteiger partial charge in [-0.2, -0.15) is 4.98 Å². The van der Waals surface area contributed by atoms with E-state index < -0.39 is 11.6 Å². The zero-order chi connectivity index (χ0) is 16.7. The fourth-order valence-corrected chi connectivity index (χ4v) is 3.45. The first-order chi connectivity index (χ1) is 11.6. The van der Waals surface area contributed by atoms with Crippen molar-refractivity contribution in [2.45, 2.75) is 38.5 Å². The Morgan fingerprint density at radius 3 is 2.92 bits per heavy atom. The molecule has 0 saturated carbocycles. The Balaban J connectivity index is 1.56. The van der Waals surface area contributed by atoms with Crippen molar-refractivity contribution in [3.05, 3.63) is 51.9 Å². The van der Waals surface area contributed by atoms with Crippen molar-refractivity contribution in [1.29, 1.82) is 0 Å². The second kappa shape index (κ2) is 5.89. The minimum absolute atomic E-state index is 0.0243. The molecule has 126 valence electrons. The molecule has 2 aliphatic heterocycles. The van der Waals surface area contributed by atoms with Crippen LogP contribution < -0.4 is 15.3 Å². The summed E-state index contributed by atoms with van der Waals surface area (Å²) in [5, 5.41) is 0. The summed E-state index contributed by atoms with van der Waals surface area (Å²) >= 11 is 0. The van der Waals surface area contributed by atoms with Crippen LogP contribution in [0.5, 0.6) is 5.88 Å². The molecule has 0 aliphatic carbocycles. The van der Waals surface area contributed by atoms with Gasteiger partial charge in [-0.15, -0.1) is 0 Å². The lowest BCUT2D eigenvalue weighted by molar-refractivity contribution is 0.290. The van der Waals surface area contributed by atoms with E-state index in [0.717, 1.165) is 37.3 Å². The van der Waals surface area contributed by atoms with Crippen molar-refractivity contribution in [3.8, 4) is 5.88 Å². The zero-order valence-electron chi connectivity index (χ0n) is 13.0. The second-order valence-electron chi connectivity index (χ2n) is 6.23. The van der Waals surface area contributed by atoms with Gasteiger partial charge in [0.2, 0.25) is 5.88 Å². The summed E-state index contributed by atoms with van der Waals surface area (Å²) in [6.45, 7) is 1.62. The summed E-state index contributed by atoms with van der Waals surface area (Å²) in [4.78, 5) is 18.4. The molecule has 1 unspecified atom stereocenters. The minimum Gasteiger partial charge on any atom is -0.473 e. The van der Waals surface area contributed by atoms with Crippen molar-refractivity contribution >= 4 is 5.82 Å². The lowest BCUT2D eigenvalue weighted by Crippen LogP contribution is -2.36. The highest BCUT2D eigenvalue weighted by Gasteiger charge is 2.32. The first kappa shape index (κ1) is 15.1. The molecule has 0 spiro atoms. The van der Waals surface area contributed by atoms with Gasteiger partial charge >= 0.3 is 5.69 Å². The molecule has 1 saturated heterocycles. The highest BCUT2D eigenvalue weighted by molar-refractivity contribution is 5.47. The van der Waals surface area contributed by atoms with E-state index in [0.29, 0.717) is 18.2 Å². The van der Waals surface area contributed by atoms with Crippen molar-refractivity contribution in [3.63, 3.8) is 0 Å². The van der Waals surface area contributed by atoms with Crippen LogP contribution in [-0.2, 0) is 13.2 Å². The molecular weight excluding hydrogens is 316 g/mol. The maximum absolute atomic E-state index is 13.2. The number of rotatable bonds is 3. The van der Waals surface area contributed by atoms with Crippen LogP contribution in [0.3, 0.4) is 0 Å². The van der Waals surface area contributed by atoms with E-state index in [1.165, 1.54) is 12.5 Å². The summed E-state index contributed by atoms with van der Waals surface area (Å²) < 4.78 is 33.4. The molecule has 3 heterocycles. The number of aromatic nitrogens is 2. The Hall–Kier alpha value is -2.44. The van der Waals surface area contributed by atoms with Crippen LogP contribution in [-0.4, -0.2) is 22.1 Å². The Bertz CT molecular complexity index is 837. The molecule has 0 radical (unpaired) electrons. The van der Waals surface area contributed by atoms with Crippen LogP contribution in [0, 0.1) is 11.6 Å². The number of fused-ring (bicyclic) bond motifs is 3. The van der Waals surface area contributed by atoms with Gasteiger partial charge in [-0.1, -0.05) is 6.07 Å². The third-order valence-corrected chi connectivity index (χ3v) is 4.65. The molecule has 0 bridgehead atoms. The van der Waals surface area contributed by atoms with Crippen molar-refractivity contribution in [1.82, 2.24) is 9.55 Å². The Kier molecular flexibility index (Phi) is 3.70. The number of hydrogen-bond donors (Lipinski definition) is 0. The summed E-state index contributed by atoms with van der Waals surface area (Å²) in [5.41, 5.74) is 0.148. The first-order valence-electron chi connectivity index (χ1n) is 8.07. The highest BCUT2D eigenvalue weighted by Crippen LogP contribution is 2.32. The molecule has 7 heteroatoms. The van der Waals surface area contributed by atoms with Gasteiger partial charge in [0.1, 0.15) is 12.4 Å². The molecule has 1 aromatic heterocycles. The van der Waals surface area contributed by atoms with Gasteiger partial charge in [-0.25, -0.2) is 13.6 Å². The number of halogens is 2. The van der Waals surface area contributed by atoms with Gasteiger partial charge in [-0.3, -0.25) is 4.57 Å². The molecule has 24 heavy (non-hydrogen) atoms. The monoisotopic (exact) mass is 333 g/mol. The van der Waals surface area contributed by atoms with Crippen LogP contribution in [0.2, 0.25) is 0 Å². The number of hydrogen-bond acceptors (Lipinski definition) is 4. The third-order valence-electron chi connectivity index (χ3n) is 4.65. The quantitative estimate of drug-likeness (QED) is 0.866. The number of nitrogens with zero attached hydrogens (tertiary/aromatic N) is 3. The SMILES string of the molecule is O=c1nc(OCc2ccc(F)c(F)c2)cc2n1CC1CCCCN21. The molecule has 0 N–H and O–H groups in total. The average molecular weight is 333 g/mol. The van der Waals surface area contributed by atoms with Gasteiger partial charge < -0.3 is 9.64 Å². The lowest BCUT2D eigenvalue weighted by Gasteiger charge is -2.30. The van der Waals surface area contributed by atoms with E-state index in [9.17, 15) is 13.6 Å². The summed E-state index contributed by atoms with van der Waals surface area (Å²) in [6.07, 6.45) is 3.36. The van der Waals surface area contributed by atoms with Gasteiger partial charge in [0.15, 0.2) is 11.6 Å². The first-order valence-corrected chi connectivity index (χ1v) is 8.07. The molecular formula is C17H17F2N3O2. The molecule has 4 rings (SSSR count). The zero-order valence-corrected chi connectivity index (χ0v) is 13.0. The second-order valence-corrected chi connectivity index (χ2v) is 6.23. The topological polar surface area (TPSA) is 47.4 Å². The van der Waals surface area contributed by atoms with Gasteiger partial charge in [0.05, 0.1) is 0 Å². The molecule has 5 nitrogen and oxygen atoms in total. The molecule has 2 aromatic rings. The van der Waals surface area contributed by atoms with Crippen LogP contribution in [0.1, 0.15) is 24.8 Å². The molecule has 2 aliphatic rings. The van der Waals surface area contributed by atoms with Crippen molar-refractivity contribution in [2.75, 3.05) is 11.4 Å². The van der Waals surface area contributed by atoms with E-state index in [1.54, 1.807) is 10.6 Å². The van der Waals surface area contributed by atoms with Crippen LogP contribution >= 0.6 is 0 Å². The normalized spacial score (nSPS) is 19.1. The third kappa shape index (κ3) is 2.64. The predicted molar refractivity (Wildman–Crippen MR) is 84.2 cm³/mol. The van der Waals surface area contributed by atoms with Gasteiger partial charge in [-0.05, 0) is 37.0 Å². The predicted octanol–water partition coefficient (Wildman–Crippen LogP) is 2.47. The fraction of sp³-hybridized carbons (Fsp3) is 0.412. The van der Waals surface area contributed by atoms with Crippen LogP contribution in [0.25, 0.3) is 0 Å². The number of piperidine rings is 1. The highest BCUT2D eigenvalue weighted by atomic mass is 19.2. The summed E-state index contributed by atoms with van der Waals surface area (Å²) in [7, 11) is 0. The van der Waals surface area contributed by atoms with Crippen molar-refractivity contribution < 1.29 is 13.5 Å². The number of benzene rings is 1. The van der Waals surface area contributed by atoms with E-state index >= 15 is 0 Å². The molecule has 1 fully saturated rings. The Morgan fingerprint density at radius 1 is 1.21 bits per heavy atom. The largest absolute Gasteiger partial charge is 0.473 e. The van der Waals surface area contributed by atoms with Gasteiger partial charge in [0.25, 0.3) is 0 Å². The van der Waals surface area contributed by atoms with E-state index in [2.05, 4.69) is 9.88 Å². The minimum atomic E-state index is -0.922. The standard InChI is InChI=1S/C17H17F2N3O2/c18-13-5-4-11(7-14(13)19)10-24-15-8-16-21-6-2-1-3-12(21)9-22(16)17(23)20-15/h4-5,7-8,12H,1-3,6,9-10H2. The molecule has 0 amide bonds. The van der Waals surface area contributed by atoms with E-state index in [-0.39, 0.29) is 18.2 Å². The Morgan fingerprint density at radius 2 is 2.08 bits per heavy atom. The summed E-state index contributed by atoms with van der Waals surface area (Å²) in [6, 6.07) is 5.69. The average Bonchev–Trinajstić information content (AvgIpc) is 2.95. The maximum Gasteiger partial charge on any atom is 0.352 e. The number of anilines is 1. The van der Waals surface area contributed by atoms with Crippen LogP contribution in [0.15, 0.2) is 29.1 Å². The molecule has 1 aromatic carbocycles.